The summed E-state index contributed by atoms with van der Waals surface area (Å²) in [6.45, 7) is 8.83. The first-order valence-corrected chi connectivity index (χ1v) is 8.37. The highest BCUT2D eigenvalue weighted by Gasteiger charge is 2.26. The van der Waals surface area contributed by atoms with Gasteiger partial charge >= 0.3 is 0 Å². The SMILES string of the molecule is CNCc1sc(C2CN(C)CCCN2C)nc1C(C)C. The lowest BCUT2D eigenvalue weighted by molar-refractivity contribution is 0.228. The van der Waals surface area contributed by atoms with Crippen LogP contribution in [0.25, 0.3) is 0 Å². The lowest BCUT2D eigenvalue weighted by Crippen LogP contribution is -2.30. The maximum atomic E-state index is 4.99. The first-order valence-electron chi connectivity index (χ1n) is 7.55. The van der Waals surface area contributed by atoms with E-state index in [4.69, 9.17) is 4.98 Å². The van der Waals surface area contributed by atoms with Crippen LogP contribution in [0.2, 0.25) is 0 Å². The molecule has 4 nitrogen and oxygen atoms in total. The molecular weight excluding hydrogens is 268 g/mol. The van der Waals surface area contributed by atoms with Crippen molar-refractivity contribution in [3.8, 4) is 0 Å². The van der Waals surface area contributed by atoms with Gasteiger partial charge in [0, 0.05) is 18.0 Å². The van der Waals surface area contributed by atoms with Crippen molar-refractivity contribution in [1.29, 1.82) is 0 Å². The Hall–Kier alpha value is -0.490. The van der Waals surface area contributed by atoms with Crippen LogP contribution in [0.3, 0.4) is 0 Å². The summed E-state index contributed by atoms with van der Waals surface area (Å²) in [6, 6.07) is 0.440. The molecule has 2 heterocycles. The predicted octanol–water partition coefficient (Wildman–Crippen LogP) is 2.29. The summed E-state index contributed by atoms with van der Waals surface area (Å²) in [6.07, 6.45) is 1.25. The fourth-order valence-electron chi connectivity index (χ4n) is 2.80. The van der Waals surface area contributed by atoms with Crippen LogP contribution < -0.4 is 5.32 Å². The van der Waals surface area contributed by atoms with Crippen molar-refractivity contribution in [3.63, 3.8) is 0 Å². The van der Waals surface area contributed by atoms with Crippen LogP contribution in [0.4, 0.5) is 0 Å². The van der Waals surface area contributed by atoms with E-state index in [-0.39, 0.29) is 0 Å². The van der Waals surface area contributed by atoms with E-state index in [1.807, 2.05) is 18.4 Å². The monoisotopic (exact) mass is 296 g/mol. The van der Waals surface area contributed by atoms with E-state index >= 15 is 0 Å². The first kappa shape index (κ1) is 15.9. The largest absolute Gasteiger partial charge is 0.315 e. The molecule has 1 aromatic rings. The molecule has 0 amide bonds. The van der Waals surface area contributed by atoms with Gasteiger partial charge in [0.1, 0.15) is 5.01 Å². The molecule has 2 rings (SSSR count). The van der Waals surface area contributed by atoms with E-state index in [2.05, 4.69) is 43.1 Å². The average molecular weight is 296 g/mol. The number of aromatic nitrogens is 1. The van der Waals surface area contributed by atoms with Crippen molar-refractivity contribution in [2.45, 2.75) is 38.8 Å². The van der Waals surface area contributed by atoms with E-state index in [9.17, 15) is 0 Å². The second-order valence-electron chi connectivity index (χ2n) is 6.16. The number of likely N-dealkylation sites (N-methyl/N-ethyl adjacent to an activating group) is 2. The normalized spacial score (nSPS) is 22.4. The zero-order valence-electron chi connectivity index (χ0n) is 13.4. The summed E-state index contributed by atoms with van der Waals surface area (Å²) in [5.74, 6) is 0.497. The third kappa shape index (κ3) is 3.58. The maximum Gasteiger partial charge on any atom is 0.112 e. The van der Waals surface area contributed by atoms with Crippen molar-refractivity contribution >= 4 is 11.3 Å². The van der Waals surface area contributed by atoms with Gasteiger partial charge in [-0.3, -0.25) is 4.90 Å². The van der Waals surface area contributed by atoms with Gasteiger partial charge in [-0.2, -0.15) is 0 Å². The summed E-state index contributed by atoms with van der Waals surface area (Å²) in [7, 11) is 6.46. The third-order valence-corrected chi connectivity index (χ3v) is 5.15. The number of nitrogens with zero attached hydrogens (tertiary/aromatic N) is 3. The smallest absolute Gasteiger partial charge is 0.112 e. The Bertz CT molecular complexity index is 430. The van der Waals surface area contributed by atoms with Crippen LogP contribution in [0.1, 0.15) is 47.8 Å². The Balaban J connectivity index is 2.28. The van der Waals surface area contributed by atoms with E-state index in [0.29, 0.717) is 12.0 Å². The Kier molecular flexibility index (Phi) is 5.55. The van der Waals surface area contributed by atoms with Crippen molar-refractivity contribution < 1.29 is 0 Å². The minimum Gasteiger partial charge on any atom is -0.315 e. The Morgan fingerprint density at radius 1 is 1.35 bits per heavy atom. The Labute approximate surface area is 127 Å². The molecule has 1 fully saturated rings. The Morgan fingerprint density at radius 2 is 2.10 bits per heavy atom. The molecule has 114 valence electrons. The molecule has 0 aromatic carbocycles. The second kappa shape index (κ2) is 6.98. The molecule has 0 spiro atoms. The van der Waals surface area contributed by atoms with Gasteiger partial charge in [-0.15, -0.1) is 11.3 Å². The van der Waals surface area contributed by atoms with Gasteiger partial charge in [-0.1, -0.05) is 13.8 Å². The Morgan fingerprint density at radius 3 is 2.75 bits per heavy atom. The number of rotatable bonds is 4. The van der Waals surface area contributed by atoms with Gasteiger partial charge in [0.05, 0.1) is 11.7 Å². The minimum atomic E-state index is 0.440. The fourth-order valence-corrected chi connectivity index (χ4v) is 4.19. The van der Waals surface area contributed by atoms with Gasteiger partial charge in [0.2, 0.25) is 0 Å². The van der Waals surface area contributed by atoms with Crippen LogP contribution in [-0.2, 0) is 6.54 Å². The van der Waals surface area contributed by atoms with Crippen molar-refractivity contribution in [2.75, 3.05) is 40.8 Å². The molecule has 20 heavy (non-hydrogen) atoms. The second-order valence-corrected chi connectivity index (χ2v) is 7.27. The highest BCUT2D eigenvalue weighted by Crippen LogP contribution is 2.32. The quantitative estimate of drug-likeness (QED) is 0.924. The molecule has 1 unspecified atom stereocenters. The molecule has 1 N–H and O–H groups in total. The highest BCUT2D eigenvalue weighted by molar-refractivity contribution is 7.11. The number of thiazole rings is 1. The molecule has 1 aliphatic heterocycles. The lowest BCUT2D eigenvalue weighted by Gasteiger charge is -2.25. The van der Waals surface area contributed by atoms with Crippen molar-refractivity contribution in [3.05, 3.63) is 15.6 Å². The standard InChI is InChI=1S/C15H28N4S/c1-11(2)14-13(9-16-3)20-15(17-14)12-10-18(4)7-6-8-19(12)5/h11-12,16H,6-10H2,1-5H3. The summed E-state index contributed by atoms with van der Waals surface area (Å²) in [5.41, 5.74) is 1.28. The predicted molar refractivity (Wildman–Crippen MR) is 86.5 cm³/mol. The van der Waals surface area contributed by atoms with Crippen molar-refractivity contribution in [2.24, 2.45) is 0 Å². The zero-order valence-corrected chi connectivity index (χ0v) is 14.3. The van der Waals surface area contributed by atoms with Gasteiger partial charge in [-0.05, 0) is 46.6 Å². The molecule has 1 saturated heterocycles. The molecule has 1 aromatic heterocycles. The summed E-state index contributed by atoms with van der Waals surface area (Å²) in [4.78, 5) is 11.3. The minimum absolute atomic E-state index is 0.440. The lowest BCUT2D eigenvalue weighted by atomic mass is 10.1. The van der Waals surface area contributed by atoms with Gasteiger partial charge in [0.15, 0.2) is 0 Å². The molecule has 0 radical (unpaired) electrons. The molecule has 1 aliphatic rings. The summed E-state index contributed by atoms with van der Waals surface area (Å²) < 4.78 is 0. The average Bonchev–Trinajstić information content (AvgIpc) is 2.72. The van der Waals surface area contributed by atoms with Crippen LogP contribution in [0.15, 0.2) is 0 Å². The van der Waals surface area contributed by atoms with E-state index in [1.54, 1.807) is 0 Å². The molecule has 5 heteroatoms. The van der Waals surface area contributed by atoms with E-state index < -0.39 is 0 Å². The molecule has 0 aliphatic carbocycles. The van der Waals surface area contributed by atoms with Crippen LogP contribution in [0.5, 0.6) is 0 Å². The topological polar surface area (TPSA) is 31.4 Å². The number of hydrogen-bond acceptors (Lipinski definition) is 5. The van der Waals surface area contributed by atoms with Crippen LogP contribution >= 0.6 is 11.3 Å². The fraction of sp³-hybridized carbons (Fsp3) is 0.800. The van der Waals surface area contributed by atoms with Gasteiger partial charge in [-0.25, -0.2) is 4.98 Å². The number of nitrogens with one attached hydrogen (secondary N) is 1. The zero-order chi connectivity index (χ0) is 14.7. The van der Waals surface area contributed by atoms with Gasteiger partial charge < -0.3 is 10.2 Å². The van der Waals surface area contributed by atoms with E-state index in [0.717, 1.165) is 19.6 Å². The maximum absolute atomic E-state index is 4.99. The highest BCUT2D eigenvalue weighted by atomic mass is 32.1. The van der Waals surface area contributed by atoms with Crippen LogP contribution in [0, 0.1) is 0 Å². The molecular formula is C15H28N4S. The van der Waals surface area contributed by atoms with E-state index in [1.165, 1.54) is 28.5 Å². The number of hydrogen-bond donors (Lipinski definition) is 1. The summed E-state index contributed by atoms with van der Waals surface area (Å²) in [5, 5.41) is 4.56. The van der Waals surface area contributed by atoms with Gasteiger partial charge in [0.25, 0.3) is 0 Å². The van der Waals surface area contributed by atoms with Crippen LogP contribution in [-0.4, -0.2) is 55.6 Å². The first-order chi connectivity index (χ1) is 9.52. The molecule has 0 saturated carbocycles. The third-order valence-electron chi connectivity index (χ3n) is 3.98. The molecule has 1 atom stereocenters. The molecule has 0 bridgehead atoms. The van der Waals surface area contributed by atoms with Crippen molar-refractivity contribution in [1.82, 2.24) is 20.1 Å². The summed E-state index contributed by atoms with van der Waals surface area (Å²) >= 11 is 1.89.